The Labute approximate surface area is 199 Å². The van der Waals surface area contributed by atoms with E-state index in [0.717, 1.165) is 5.56 Å². The summed E-state index contributed by atoms with van der Waals surface area (Å²) in [6.07, 6.45) is 2.16. The number of ketones is 1. The molecule has 34 heavy (non-hydrogen) atoms. The number of para-hydroxylation sites is 1. The number of carbonyl (C=O) groups is 3. The van der Waals surface area contributed by atoms with Gasteiger partial charge in [0.05, 0.1) is 11.3 Å². The molecule has 0 radical (unpaired) electrons. The first-order chi connectivity index (χ1) is 16.2. The van der Waals surface area contributed by atoms with Crippen molar-refractivity contribution < 1.29 is 19.5 Å². The zero-order valence-corrected chi connectivity index (χ0v) is 19.7. The predicted octanol–water partition coefficient (Wildman–Crippen LogP) is 3.06. The molecule has 0 aromatic heterocycles. The lowest BCUT2D eigenvalue weighted by molar-refractivity contribution is -0.143. The van der Waals surface area contributed by atoms with Gasteiger partial charge in [0.1, 0.15) is 5.76 Å². The average molecular weight is 460 g/mol. The number of hydrogen-bond donors (Lipinski definition) is 1. The highest BCUT2D eigenvalue weighted by Gasteiger charge is 2.66. The van der Waals surface area contributed by atoms with Crippen LogP contribution in [0.5, 0.6) is 0 Å². The van der Waals surface area contributed by atoms with E-state index in [1.807, 2.05) is 38.1 Å². The van der Waals surface area contributed by atoms with Gasteiger partial charge in [-0.2, -0.15) is 0 Å². The Kier molecular flexibility index (Phi) is 6.15. The highest BCUT2D eigenvalue weighted by molar-refractivity contribution is 6.50. The zero-order chi connectivity index (χ0) is 24.6. The van der Waals surface area contributed by atoms with Crippen molar-refractivity contribution in [3.8, 4) is 0 Å². The number of carbonyl (C=O) groups excluding carboxylic acids is 3. The highest BCUT2D eigenvalue weighted by atomic mass is 16.3. The molecule has 0 unspecified atom stereocenters. The molecule has 0 saturated carbocycles. The number of rotatable bonds is 7. The van der Waals surface area contributed by atoms with Gasteiger partial charge in [0.15, 0.2) is 5.54 Å². The standard InChI is InChI=1S/C27H29N3O4/c1-5-15-29-21-10-7-6-9-20(21)27(26(29)34)22(23(31)19-13-11-18(2)12-14-19)24(32)25(33)30(27)17-8-16-28(3)4/h5-7,9-14,31H,1,8,15-17H2,2-4H3/t27-/m1/s1. The number of fused-ring (bicyclic) bond motifs is 2. The molecule has 1 atom stereocenters. The van der Waals surface area contributed by atoms with Crippen LogP contribution < -0.4 is 4.90 Å². The molecule has 1 fully saturated rings. The molecule has 1 saturated heterocycles. The first-order valence-electron chi connectivity index (χ1n) is 11.3. The van der Waals surface area contributed by atoms with Gasteiger partial charge in [-0.25, -0.2) is 0 Å². The van der Waals surface area contributed by atoms with Crippen molar-refractivity contribution in [1.29, 1.82) is 0 Å². The summed E-state index contributed by atoms with van der Waals surface area (Å²) >= 11 is 0. The van der Waals surface area contributed by atoms with E-state index in [0.29, 0.717) is 29.8 Å². The molecule has 0 aliphatic carbocycles. The molecule has 2 aromatic rings. The van der Waals surface area contributed by atoms with Crippen LogP contribution in [0.4, 0.5) is 5.69 Å². The molecule has 2 heterocycles. The quantitative estimate of drug-likeness (QED) is 0.298. The van der Waals surface area contributed by atoms with Gasteiger partial charge in [-0.1, -0.05) is 54.1 Å². The summed E-state index contributed by atoms with van der Waals surface area (Å²) < 4.78 is 0. The largest absolute Gasteiger partial charge is 0.507 e. The fraction of sp³-hybridized carbons (Fsp3) is 0.296. The molecule has 1 N–H and O–H groups in total. The van der Waals surface area contributed by atoms with Gasteiger partial charge in [0, 0.05) is 24.2 Å². The number of benzene rings is 2. The normalized spacial score (nSPS) is 21.1. The van der Waals surface area contributed by atoms with E-state index in [9.17, 15) is 19.5 Å². The monoisotopic (exact) mass is 459 g/mol. The second-order valence-electron chi connectivity index (χ2n) is 8.96. The molecule has 2 aromatic carbocycles. The molecule has 2 amide bonds. The van der Waals surface area contributed by atoms with Gasteiger partial charge in [-0.3, -0.25) is 14.4 Å². The van der Waals surface area contributed by atoms with E-state index in [-0.39, 0.29) is 24.4 Å². The van der Waals surface area contributed by atoms with Crippen molar-refractivity contribution in [2.75, 3.05) is 38.6 Å². The van der Waals surface area contributed by atoms with Crippen LogP contribution in [0.25, 0.3) is 5.76 Å². The van der Waals surface area contributed by atoms with E-state index in [1.54, 1.807) is 42.5 Å². The second-order valence-corrected chi connectivity index (χ2v) is 8.96. The molecule has 1 spiro atoms. The molecule has 2 aliphatic heterocycles. The summed E-state index contributed by atoms with van der Waals surface area (Å²) in [4.78, 5) is 45.9. The molecule has 0 bridgehead atoms. The van der Waals surface area contributed by atoms with Crippen molar-refractivity contribution in [2.24, 2.45) is 0 Å². The smallest absolute Gasteiger partial charge is 0.296 e. The Morgan fingerprint density at radius 1 is 1.09 bits per heavy atom. The van der Waals surface area contributed by atoms with Crippen LogP contribution in [-0.2, 0) is 19.9 Å². The summed E-state index contributed by atoms with van der Waals surface area (Å²) in [5.74, 6) is -2.43. The number of Topliss-reactive ketones (excluding diaryl/α,β-unsaturated/α-hetero) is 1. The lowest BCUT2D eigenvalue weighted by Crippen LogP contribution is -2.52. The number of aliphatic hydroxyl groups is 1. The number of aryl methyl sites for hydroxylation is 1. The average Bonchev–Trinajstić information content (AvgIpc) is 3.18. The maximum Gasteiger partial charge on any atom is 0.296 e. The first-order valence-corrected chi connectivity index (χ1v) is 11.3. The maximum atomic E-state index is 14.2. The highest BCUT2D eigenvalue weighted by Crippen LogP contribution is 2.53. The first kappa shape index (κ1) is 23.4. The van der Waals surface area contributed by atoms with Gasteiger partial charge >= 0.3 is 0 Å². The summed E-state index contributed by atoms with van der Waals surface area (Å²) in [7, 11) is 3.84. The van der Waals surface area contributed by atoms with Crippen LogP contribution >= 0.6 is 0 Å². The van der Waals surface area contributed by atoms with Crippen LogP contribution in [0.1, 0.15) is 23.1 Å². The number of amides is 2. The van der Waals surface area contributed by atoms with Gasteiger partial charge in [0.25, 0.3) is 17.6 Å². The van der Waals surface area contributed by atoms with Crippen molar-refractivity contribution in [1.82, 2.24) is 9.80 Å². The Morgan fingerprint density at radius 2 is 1.76 bits per heavy atom. The summed E-state index contributed by atoms with van der Waals surface area (Å²) in [5, 5.41) is 11.4. The molecule has 7 heteroatoms. The van der Waals surface area contributed by atoms with E-state index in [4.69, 9.17) is 0 Å². The Balaban J connectivity index is 2.00. The van der Waals surface area contributed by atoms with Crippen LogP contribution in [-0.4, -0.2) is 66.2 Å². The lowest BCUT2D eigenvalue weighted by atomic mass is 9.81. The third kappa shape index (κ3) is 3.44. The van der Waals surface area contributed by atoms with Crippen molar-refractivity contribution in [3.05, 3.63) is 83.4 Å². The molecule has 4 rings (SSSR count). The van der Waals surface area contributed by atoms with Crippen LogP contribution in [0.3, 0.4) is 0 Å². The van der Waals surface area contributed by atoms with Crippen LogP contribution in [0, 0.1) is 6.92 Å². The fourth-order valence-corrected chi connectivity index (χ4v) is 4.88. The van der Waals surface area contributed by atoms with Gasteiger partial charge < -0.3 is 19.8 Å². The fourth-order valence-electron chi connectivity index (χ4n) is 4.88. The summed E-state index contributed by atoms with van der Waals surface area (Å²) in [6, 6.07) is 14.1. The van der Waals surface area contributed by atoms with Gasteiger partial charge in [-0.05, 0) is 40.1 Å². The van der Waals surface area contributed by atoms with Crippen molar-refractivity contribution in [2.45, 2.75) is 18.9 Å². The number of likely N-dealkylation sites (tertiary alicyclic amines) is 1. The van der Waals surface area contributed by atoms with E-state index in [2.05, 4.69) is 6.58 Å². The second kappa shape index (κ2) is 8.91. The molecule has 7 nitrogen and oxygen atoms in total. The summed E-state index contributed by atoms with van der Waals surface area (Å²) in [5.41, 5.74) is 0.560. The van der Waals surface area contributed by atoms with Crippen LogP contribution in [0.15, 0.2) is 66.8 Å². The Hall–Kier alpha value is -3.71. The number of hydrogen-bond acceptors (Lipinski definition) is 5. The number of anilines is 1. The zero-order valence-electron chi connectivity index (χ0n) is 19.7. The molecule has 2 aliphatic rings. The summed E-state index contributed by atoms with van der Waals surface area (Å²) in [6.45, 7) is 6.75. The minimum atomic E-state index is -1.73. The minimum Gasteiger partial charge on any atom is -0.507 e. The SMILES string of the molecule is C=CCN1C(=O)[C@]2(C(=C(O)c3ccc(C)cc3)C(=O)C(=O)N2CCCN(C)C)c2ccccc21. The molecular weight excluding hydrogens is 430 g/mol. The maximum absolute atomic E-state index is 14.2. The molecular formula is C27H29N3O4. The van der Waals surface area contributed by atoms with Crippen molar-refractivity contribution in [3.63, 3.8) is 0 Å². The lowest BCUT2D eigenvalue weighted by Gasteiger charge is -2.34. The number of nitrogens with zero attached hydrogens (tertiary/aromatic N) is 3. The molecule has 176 valence electrons. The van der Waals surface area contributed by atoms with Crippen molar-refractivity contribution >= 4 is 29.0 Å². The Morgan fingerprint density at radius 3 is 2.41 bits per heavy atom. The third-order valence-electron chi connectivity index (χ3n) is 6.43. The number of aliphatic hydroxyl groups excluding tert-OH is 1. The minimum absolute atomic E-state index is 0.185. The topological polar surface area (TPSA) is 81.2 Å². The van der Waals surface area contributed by atoms with E-state index in [1.165, 1.54) is 9.80 Å². The predicted molar refractivity (Wildman–Crippen MR) is 131 cm³/mol. The Bertz CT molecular complexity index is 1200. The van der Waals surface area contributed by atoms with E-state index < -0.39 is 23.1 Å². The van der Waals surface area contributed by atoms with E-state index >= 15 is 0 Å². The van der Waals surface area contributed by atoms with Gasteiger partial charge in [0.2, 0.25) is 0 Å². The van der Waals surface area contributed by atoms with Gasteiger partial charge in [-0.15, -0.1) is 6.58 Å². The third-order valence-corrected chi connectivity index (χ3v) is 6.43. The van der Waals surface area contributed by atoms with Crippen LogP contribution in [0.2, 0.25) is 0 Å².